The second-order valence-electron chi connectivity index (χ2n) is 3.51. The Bertz CT molecular complexity index is 412. The van der Waals surface area contributed by atoms with Crippen LogP contribution in [-0.2, 0) is 9.53 Å². The van der Waals surface area contributed by atoms with E-state index < -0.39 is 17.8 Å². The summed E-state index contributed by atoms with van der Waals surface area (Å²) < 4.78 is 17.9. The highest BCUT2D eigenvalue weighted by atomic mass is 35.5. The van der Waals surface area contributed by atoms with Crippen LogP contribution in [0.15, 0.2) is 12.1 Å². The van der Waals surface area contributed by atoms with Crippen LogP contribution in [0.2, 0.25) is 0 Å². The standard InChI is InChI=1S/C11H14FNO3.ClH/c1-6-3-4-7(12)10(11(6)15)8(13)5-9(14)16-2;/h3-4,8,15H,5,13H2,1-2H3;1H/t8-;/m0./s1. The molecule has 4 nitrogen and oxygen atoms in total. The molecule has 0 amide bonds. The van der Waals surface area contributed by atoms with Crippen LogP contribution in [0.4, 0.5) is 4.39 Å². The number of nitrogens with two attached hydrogens (primary N) is 1. The number of esters is 1. The van der Waals surface area contributed by atoms with E-state index >= 15 is 0 Å². The molecule has 0 bridgehead atoms. The van der Waals surface area contributed by atoms with Gasteiger partial charge in [0.1, 0.15) is 11.6 Å². The number of rotatable bonds is 3. The molecule has 0 fully saturated rings. The van der Waals surface area contributed by atoms with Crippen molar-refractivity contribution in [2.75, 3.05) is 7.11 Å². The van der Waals surface area contributed by atoms with Gasteiger partial charge in [0, 0.05) is 11.6 Å². The summed E-state index contributed by atoms with van der Waals surface area (Å²) in [6.45, 7) is 1.63. The van der Waals surface area contributed by atoms with Crippen LogP contribution in [-0.4, -0.2) is 18.2 Å². The minimum atomic E-state index is -0.910. The lowest BCUT2D eigenvalue weighted by molar-refractivity contribution is -0.141. The van der Waals surface area contributed by atoms with Gasteiger partial charge >= 0.3 is 5.97 Å². The first-order valence-electron chi connectivity index (χ1n) is 4.77. The quantitative estimate of drug-likeness (QED) is 0.816. The third-order valence-electron chi connectivity index (χ3n) is 2.35. The van der Waals surface area contributed by atoms with E-state index in [4.69, 9.17) is 5.73 Å². The maximum absolute atomic E-state index is 13.4. The average molecular weight is 264 g/mol. The van der Waals surface area contributed by atoms with Crippen LogP contribution in [0, 0.1) is 12.7 Å². The SMILES string of the molecule is COC(=O)C[C@H](N)c1c(F)ccc(C)c1O.Cl. The van der Waals surface area contributed by atoms with Crippen molar-refractivity contribution in [3.8, 4) is 5.75 Å². The molecule has 0 spiro atoms. The Morgan fingerprint density at radius 3 is 2.71 bits per heavy atom. The third-order valence-corrected chi connectivity index (χ3v) is 2.35. The number of phenolic OH excluding ortho intramolecular Hbond substituents is 1. The van der Waals surface area contributed by atoms with E-state index in [-0.39, 0.29) is 30.1 Å². The fourth-order valence-electron chi connectivity index (χ4n) is 1.41. The van der Waals surface area contributed by atoms with Crippen molar-refractivity contribution in [3.05, 3.63) is 29.1 Å². The van der Waals surface area contributed by atoms with Gasteiger partial charge in [-0.1, -0.05) is 6.07 Å². The van der Waals surface area contributed by atoms with Gasteiger partial charge < -0.3 is 15.6 Å². The van der Waals surface area contributed by atoms with Gasteiger partial charge in [-0.25, -0.2) is 4.39 Å². The zero-order valence-electron chi connectivity index (χ0n) is 9.57. The van der Waals surface area contributed by atoms with Gasteiger partial charge in [0.05, 0.1) is 13.5 Å². The molecule has 3 N–H and O–H groups in total. The van der Waals surface area contributed by atoms with Crippen LogP contribution in [0.25, 0.3) is 0 Å². The summed E-state index contributed by atoms with van der Waals surface area (Å²) in [7, 11) is 1.22. The zero-order chi connectivity index (χ0) is 12.3. The Hall–Kier alpha value is -1.33. The maximum Gasteiger partial charge on any atom is 0.307 e. The van der Waals surface area contributed by atoms with Crippen molar-refractivity contribution in [2.45, 2.75) is 19.4 Å². The number of hydrogen-bond acceptors (Lipinski definition) is 4. The summed E-state index contributed by atoms with van der Waals surface area (Å²) in [5, 5.41) is 9.66. The first-order valence-corrected chi connectivity index (χ1v) is 4.77. The Morgan fingerprint density at radius 1 is 1.59 bits per heavy atom. The normalized spacial score (nSPS) is 11.5. The van der Waals surface area contributed by atoms with Gasteiger partial charge in [0.2, 0.25) is 0 Å². The summed E-state index contributed by atoms with van der Waals surface area (Å²) in [6, 6.07) is 1.74. The Labute approximate surface area is 105 Å². The molecular weight excluding hydrogens is 249 g/mol. The molecule has 1 aromatic carbocycles. The summed E-state index contributed by atoms with van der Waals surface area (Å²) in [5.74, 6) is -1.39. The van der Waals surface area contributed by atoms with Crippen LogP contribution >= 0.6 is 12.4 Å². The molecule has 6 heteroatoms. The van der Waals surface area contributed by atoms with E-state index in [0.29, 0.717) is 5.56 Å². The van der Waals surface area contributed by atoms with Gasteiger partial charge in [-0.05, 0) is 18.6 Å². The molecule has 0 heterocycles. The third kappa shape index (κ3) is 3.57. The number of benzene rings is 1. The van der Waals surface area contributed by atoms with Crippen molar-refractivity contribution in [2.24, 2.45) is 5.73 Å². The first-order chi connectivity index (χ1) is 7.47. The van der Waals surface area contributed by atoms with Crippen molar-refractivity contribution in [1.29, 1.82) is 0 Å². The fraction of sp³-hybridized carbons (Fsp3) is 0.364. The second kappa shape index (κ2) is 6.42. The fourth-order valence-corrected chi connectivity index (χ4v) is 1.41. The molecular formula is C11H15ClFNO3. The number of carbonyl (C=O) groups is 1. The summed E-state index contributed by atoms with van der Waals surface area (Å²) >= 11 is 0. The van der Waals surface area contributed by atoms with Crippen molar-refractivity contribution in [1.82, 2.24) is 0 Å². The second-order valence-corrected chi connectivity index (χ2v) is 3.51. The lowest BCUT2D eigenvalue weighted by Crippen LogP contribution is -2.18. The van der Waals surface area contributed by atoms with E-state index in [2.05, 4.69) is 4.74 Å². The predicted molar refractivity (Wildman–Crippen MR) is 63.6 cm³/mol. The average Bonchev–Trinajstić information content (AvgIpc) is 2.24. The Balaban J connectivity index is 0.00000256. The maximum atomic E-state index is 13.4. The molecule has 96 valence electrons. The van der Waals surface area contributed by atoms with Gasteiger partial charge in [-0.3, -0.25) is 4.79 Å². The molecule has 1 aromatic rings. The molecule has 0 unspecified atom stereocenters. The minimum absolute atomic E-state index is 0. The predicted octanol–water partition coefficient (Wildman–Crippen LogP) is 1.82. The number of aromatic hydroxyl groups is 1. The summed E-state index contributed by atoms with van der Waals surface area (Å²) in [5.41, 5.74) is 6.10. The number of ether oxygens (including phenoxy) is 1. The van der Waals surface area contributed by atoms with Gasteiger partial charge in [0.25, 0.3) is 0 Å². The molecule has 0 aliphatic heterocycles. The number of aryl methyl sites for hydroxylation is 1. The van der Waals surface area contributed by atoms with Crippen LogP contribution < -0.4 is 5.73 Å². The minimum Gasteiger partial charge on any atom is -0.507 e. The van der Waals surface area contributed by atoms with Crippen molar-refractivity contribution >= 4 is 18.4 Å². The number of methoxy groups -OCH3 is 1. The summed E-state index contributed by atoms with van der Waals surface area (Å²) in [4.78, 5) is 11.0. The van der Waals surface area contributed by atoms with Crippen molar-refractivity contribution < 1.29 is 19.0 Å². The molecule has 17 heavy (non-hydrogen) atoms. The number of halogens is 2. The molecule has 0 aromatic heterocycles. The monoisotopic (exact) mass is 263 g/mol. The highest BCUT2D eigenvalue weighted by molar-refractivity contribution is 5.85. The lowest BCUT2D eigenvalue weighted by atomic mass is 10.0. The topological polar surface area (TPSA) is 72.5 Å². The molecule has 0 saturated carbocycles. The van der Waals surface area contributed by atoms with Gasteiger partial charge in [0.15, 0.2) is 0 Å². The van der Waals surface area contributed by atoms with E-state index in [0.717, 1.165) is 0 Å². The number of carbonyl (C=O) groups excluding carboxylic acids is 1. The van der Waals surface area contributed by atoms with E-state index in [1.165, 1.54) is 19.2 Å². The Kier molecular flexibility index (Phi) is 5.91. The number of phenols is 1. The van der Waals surface area contributed by atoms with Crippen LogP contribution in [0.5, 0.6) is 5.75 Å². The zero-order valence-corrected chi connectivity index (χ0v) is 10.4. The summed E-state index contributed by atoms with van der Waals surface area (Å²) in [6.07, 6.45) is -0.176. The first kappa shape index (κ1) is 15.7. The van der Waals surface area contributed by atoms with Crippen LogP contribution in [0.1, 0.15) is 23.6 Å². The van der Waals surface area contributed by atoms with E-state index in [1.54, 1.807) is 6.92 Å². The Morgan fingerprint density at radius 2 is 2.18 bits per heavy atom. The van der Waals surface area contributed by atoms with Crippen LogP contribution in [0.3, 0.4) is 0 Å². The molecule has 1 rings (SSSR count). The van der Waals surface area contributed by atoms with Crippen molar-refractivity contribution in [3.63, 3.8) is 0 Å². The smallest absolute Gasteiger partial charge is 0.307 e. The van der Waals surface area contributed by atoms with E-state index in [1.807, 2.05) is 0 Å². The number of hydrogen-bond donors (Lipinski definition) is 2. The largest absolute Gasteiger partial charge is 0.507 e. The van der Waals surface area contributed by atoms with E-state index in [9.17, 15) is 14.3 Å². The lowest BCUT2D eigenvalue weighted by Gasteiger charge is -2.14. The molecule has 0 saturated heterocycles. The molecule has 1 atom stereocenters. The molecule has 0 aliphatic carbocycles. The van der Waals surface area contributed by atoms with Gasteiger partial charge in [-0.2, -0.15) is 0 Å². The molecule has 0 radical (unpaired) electrons. The molecule has 0 aliphatic rings. The highest BCUT2D eigenvalue weighted by Gasteiger charge is 2.20. The highest BCUT2D eigenvalue weighted by Crippen LogP contribution is 2.30. The van der Waals surface area contributed by atoms with Gasteiger partial charge in [-0.15, -0.1) is 12.4 Å².